The minimum absolute atomic E-state index is 0. The van der Waals surface area contributed by atoms with Gasteiger partial charge in [-0.2, -0.15) is 16.8 Å². The van der Waals surface area contributed by atoms with Crippen LogP contribution >= 0.6 is 69.6 Å². The van der Waals surface area contributed by atoms with E-state index in [1.807, 2.05) is 0 Å². The fraction of sp³-hybridized carbons (Fsp3) is 0. The second kappa shape index (κ2) is 15.0. The molecule has 4 aromatic carbocycles. The third-order valence-electron chi connectivity index (χ3n) is 5.35. The number of halogens is 6. The largest absolute Gasteiger partial charge is 1.00 e. The summed E-state index contributed by atoms with van der Waals surface area (Å²) in [4.78, 5) is 11.7. The van der Waals surface area contributed by atoms with Gasteiger partial charge in [0.2, 0.25) is 0 Å². The van der Waals surface area contributed by atoms with Gasteiger partial charge < -0.3 is 20.1 Å². The molecule has 0 aromatic heterocycles. The van der Waals surface area contributed by atoms with Crippen molar-refractivity contribution in [3.63, 3.8) is 0 Å². The van der Waals surface area contributed by atoms with Crippen molar-refractivity contribution in [2.75, 3.05) is 10.6 Å². The van der Waals surface area contributed by atoms with Crippen molar-refractivity contribution in [2.45, 2.75) is 9.79 Å². The fourth-order valence-corrected chi connectivity index (χ4v) is 5.83. The smallest absolute Gasteiger partial charge is 0.454 e. The van der Waals surface area contributed by atoms with Crippen molar-refractivity contribution in [1.29, 1.82) is 0 Å². The SMILES string of the molecule is O=C(Nc1cc(Cl)ccc1Oc1cc(Cl)c(Cl)cc1S(=O)(=O)O)Nc1cc(Cl)ccc1Oc1cc(Cl)c(Cl)cc1S(=O)(=O)O.[Na+]. The average molecular weight is 786 g/mol. The van der Waals surface area contributed by atoms with Crippen molar-refractivity contribution in [1.82, 2.24) is 0 Å². The average Bonchev–Trinajstić information content (AvgIpc) is 2.89. The van der Waals surface area contributed by atoms with E-state index in [0.717, 1.165) is 24.3 Å². The normalized spacial score (nSPS) is 11.4. The van der Waals surface area contributed by atoms with Crippen LogP contribution in [0.2, 0.25) is 30.1 Å². The van der Waals surface area contributed by atoms with E-state index in [2.05, 4.69) is 10.6 Å². The maximum Gasteiger partial charge on any atom is 1.00 e. The molecular formula is C25H14Cl6N2NaO9S2+. The van der Waals surface area contributed by atoms with E-state index in [9.17, 15) is 30.7 Å². The van der Waals surface area contributed by atoms with E-state index in [1.54, 1.807) is 0 Å². The van der Waals surface area contributed by atoms with Gasteiger partial charge in [-0.05, 0) is 48.5 Å². The number of carbonyl (C=O) groups excluding carboxylic acids is 1. The molecule has 0 atom stereocenters. The number of rotatable bonds is 8. The molecule has 0 aliphatic rings. The van der Waals surface area contributed by atoms with E-state index in [0.29, 0.717) is 0 Å². The monoisotopic (exact) mass is 783 g/mol. The van der Waals surface area contributed by atoms with Gasteiger partial charge >= 0.3 is 35.6 Å². The molecule has 0 fully saturated rings. The second-order valence-electron chi connectivity index (χ2n) is 8.44. The zero-order chi connectivity index (χ0) is 32.6. The zero-order valence-electron chi connectivity index (χ0n) is 22.1. The molecule has 4 aromatic rings. The summed E-state index contributed by atoms with van der Waals surface area (Å²) in [6, 6.07) is 10.8. The Bertz CT molecular complexity index is 1890. The third-order valence-corrected chi connectivity index (χ3v) is 9.01. The molecule has 0 saturated heterocycles. The standard InChI is InChI=1S/C25H14Cl6N2O9S2.Na/c26-11-1-3-19(41-21-7-13(28)15(30)9-23(21)43(35,36)37)17(5-11)32-25(34)33-18-6-12(27)2-4-20(18)42-22-8-14(29)16(31)10-24(22)44(38,39)40;/h1-10H,(H2,32,33,34)(H,35,36,37)(H,38,39,40);/q;+1. The molecule has 0 spiro atoms. The summed E-state index contributed by atoms with van der Waals surface area (Å²) < 4.78 is 78.3. The fourth-order valence-electron chi connectivity index (χ4n) is 3.47. The molecule has 0 aliphatic heterocycles. The van der Waals surface area contributed by atoms with Crippen LogP contribution in [0, 0.1) is 0 Å². The van der Waals surface area contributed by atoms with Gasteiger partial charge in [-0.3, -0.25) is 9.11 Å². The number of anilines is 2. The van der Waals surface area contributed by atoms with Crippen molar-refractivity contribution in [3.8, 4) is 23.0 Å². The van der Waals surface area contributed by atoms with Crippen molar-refractivity contribution in [2.24, 2.45) is 0 Å². The first-order chi connectivity index (χ1) is 20.4. The van der Waals surface area contributed by atoms with Crippen LogP contribution in [0.4, 0.5) is 16.2 Å². The van der Waals surface area contributed by atoms with Crippen LogP contribution in [0.25, 0.3) is 0 Å². The van der Waals surface area contributed by atoms with Crippen LogP contribution in [0.5, 0.6) is 23.0 Å². The molecule has 45 heavy (non-hydrogen) atoms. The maximum absolute atomic E-state index is 13.1. The van der Waals surface area contributed by atoms with Gasteiger partial charge in [0.05, 0.1) is 31.5 Å². The van der Waals surface area contributed by atoms with Crippen molar-refractivity contribution in [3.05, 3.63) is 90.8 Å². The molecule has 4 rings (SSSR count). The van der Waals surface area contributed by atoms with Crippen LogP contribution < -0.4 is 49.7 Å². The molecule has 232 valence electrons. The van der Waals surface area contributed by atoms with Crippen molar-refractivity contribution >= 4 is 107 Å². The number of benzene rings is 4. The van der Waals surface area contributed by atoms with Crippen LogP contribution in [-0.4, -0.2) is 32.0 Å². The summed E-state index contributed by atoms with van der Waals surface area (Å²) in [5.74, 6) is -1.11. The number of urea groups is 1. The van der Waals surface area contributed by atoms with Crippen LogP contribution in [-0.2, 0) is 20.2 Å². The topological polar surface area (TPSA) is 168 Å². The van der Waals surface area contributed by atoms with Gasteiger partial charge in [0.25, 0.3) is 20.2 Å². The van der Waals surface area contributed by atoms with Gasteiger partial charge in [0.1, 0.15) is 21.3 Å². The first-order valence-corrected chi connectivity index (χ1v) is 16.5. The summed E-state index contributed by atoms with van der Waals surface area (Å²) in [5, 5.41) is 4.66. The van der Waals surface area contributed by atoms with Crippen LogP contribution in [0.15, 0.2) is 70.5 Å². The number of amides is 2. The molecule has 11 nitrogen and oxygen atoms in total. The Morgan fingerprint density at radius 3 is 1.22 bits per heavy atom. The molecule has 0 saturated carbocycles. The number of ether oxygens (including phenoxy) is 2. The number of hydrogen-bond donors (Lipinski definition) is 4. The third kappa shape index (κ3) is 9.67. The first-order valence-electron chi connectivity index (χ1n) is 11.4. The minimum Gasteiger partial charge on any atom is -0.454 e. The number of carbonyl (C=O) groups is 1. The van der Waals surface area contributed by atoms with E-state index in [1.165, 1.54) is 36.4 Å². The van der Waals surface area contributed by atoms with Gasteiger partial charge in [-0.15, -0.1) is 0 Å². The minimum atomic E-state index is -4.82. The Kier molecular flexibility index (Phi) is 12.6. The summed E-state index contributed by atoms with van der Waals surface area (Å²) >= 11 is 36.0. The Hall–Kier alpha value is -1.69. The Labute approximate surface area is 308 Å². The van der Waals surface area contributed by atoms with Crippen LogP contribution in [0.3, 0.4) is 0 Å². The molecule has 0 bridgehead atoms. The maximum atomic E-state index is 13.1. The molecule has 4 N–H and O–H groups in total. The molecular weight excluding hydrogens is 772 g/mol. The molecule has 0 radical (unpaired) electrons. The van der Waals surface area contributed by atoms with Gasteiger partial charge in [-0.1, -0.05) is 69.6 Å². The summed E-state index contributed by atoms with van der Waals surface area (Å²) in [6.07, 6.45) is 0. The van der Waals surface area contributed by atoms with Crippen LogP contribution in [0.1, 0.15) is 0 Å². The molecule has 20 heteroatoms. The summed E-state index contributed by atoms with van der Waals surface area (Å²) in [6.45, 7) is 0. The number of nitrogens with one attached hydrogen (secondary N) is 2. The van der Waals surface area contributed by atoms with E-state index >= 15 is 0 Å². The zero-order valence-corrected chi connectivity index (χ0v) is 30.3. The molecule has 2 amide bonds. The summed E-state index contributed by atoms with van der Waals surface area (Å²) in [7, 11) is -9.64. The van der Waals surface area contributed by atoms with Crippen molar-refractivity contribution < 1.29 is 69.8 Å². The predicted octanol–water partition coefficient (Wildman–Crippen LogP) is 6.33. The molecule has 0 heterocycles. The Morgan fingerprint density at radius 1 is 0.556 bits per heavy atom. The van der Waals surface area contributed by atoms with E-state index in [-0.39, 0.29) is 82.6 Å². The molecule has 0 unspecified atom stereocenters. The van der Waals surface area contributed by atoms with Gasteiger partial charge in [-0.25, -0.2) is 4.79 Å². The van der Waals surface area contributed by atoms with E-state index < -0.39 is 47.6 Å². The molecule has 0 aliphatic carbocycles. The van der Waals surface area contributed by atoms with Gasteiger partial charge in [0, 0.05) is 22.2 Å². The first kappa shape index (κ1) is 37.8. The quantitative estimate of drug-likeness (QED) is 0.118. The van der Waals surface area contributed by atoms with E-state index in [4.69, 9.17) is 79.1 Å². The summed E-state index contributed by atoms with van der Waals surface area (Å²) in [5.41, 5.74) is -0.157. The second-order valence-corrected chi connectivity index (χ2v) is 13.7. The Morgan fingerprint density at radius 2 is 0.889 bits per heavy atom. The number of hydrogen-bond acceptors (Lipinski definition) is 7. The predicted molar refractivity (Wildman–Crippen MR) is 168 cm³/mol. The Balaban J connectivity index is 0.00000552. The van der Waals surface area contributed by atoms with Gasteiger partial charge in [0.15, 0.2) is 11.5 Å².